The molecule has 0 saturated carbocycles. The molecule has 1 amide bonds. The monoisotopic (exact) mass is 452 g/mol. The first-order chi connectivity index (χ1) is 14.6. The summed E-state index contributed by atoms with van der Waals surface area (Å²) in [4.78, 5) is 12.7. The molecule has 12 heteroatoms. The zero-order valence-electron chi connectivity index (χ0n) is 16.8. The fourth-order valence-corrected chi connectivity index (χ4v) is 5.22. The van der Waals surface area contributed by atoms with Crippen molar-refractivity contribution in [3.8, 4) is 5.75 Å². The Morgan fingerprint density at radius 3 is 2.61 bits per heavy atom. The van der Waals surface area contributed by atoms with Crippen LogP contribution in [0.15, 0.2) is 41.3 Å². The first kappa shape index (κ1) is 23.2. The average molecular weight is 452 g/mol. The average Bonchev–Trinajstić information content (AvgIpc) is 2.98. The van der Waals surface area contributed by atoms with Crippen molar-refractivity contribution in [1.82, 2.24) is 9.62 Å². The van der Waals surface area contributed by atoms with Gasteiger partial charge in [-0.25, -0.2) is 12.8 Å². The van der Waals surface area contributed by atoms with Gasteiger partial charge in [0.2, 0.25) is 15.9 Å². The van der Waals surface area contributed by atoms with Crippen LogP contribution in [0, 0.1) is 5.82 Å². The van der Waals surface area contributed by atoms with E-state index in [9.17, 15) is 32.8 Å². The van der Waals surface area contributed by atoms with Gasteiger partial charge in [0, 0.05) is 12.6 Å². The second kappa shape index (κ2) is 8.93. The standard InChI is InChI=1S/C19H22BFN2O7S/c1-11(13-5-15(21)8-16(6-13)30-2)22-19(25)17(10-24)23-9-12-3-4-14(20(26)27)7-18(12)31(23,28)29/h3-8,11,17,24,26-27H,9-10H2,1-2H3,(H,22,25)/t11-,17-/m1/s1. The van der Waals surface area contributed by atoms with E-state index in [0.717, 1.165) is 10.4 Å². The molecule has 166 valence electrons. The smallest absolute Gasteiger partial charge is 0.488 e. The summed E-state index contributed by atoms with van der Waals surface area (Å²) in [7, 11) is -4.64. The summed E-state index contributed by atoms with van der Waals surface area (Å²) in [5, 5.41) is 31.0. The molecule has 1 aliphatic rings. The third kappa shape index (κ3) is 4.58. The summed E-state index contributed by atoms with van der Waals surface area (Å²) < 4.78 is 45.5. The van der Waals surface area contributed by atoms with E-state index in [1.807, 2.05) is 0 Å². The first-order valence-electron chi connectivity index (χ1n) is 9.35. The number of hydrogen-bond donors (Lipinski definition) is 4. The summed E-state index contributed by atoms with van der Waals surface area (Å²) in [5.74, 6) is -1.07. The fraction of sp³-hybridized carbons (Fsp3) is 0.316. The van der Waals surface area contributed by atoms with Gasteiger partial charge in [0.25, 0.3) is 0 Å². The highest BCUT2D eigenvalue weighted by Gasteiger charge is 2.42. The largest absolute Gasteiger partial charge is 0.497 e. The summed E-state index contributed by atoms with van der Waals surface area (Å²) in [6, 6.07) is 5.72. The molecule has 0 unspecified atom stereocenters. The van der Waals surface area contributed by atoms with Crippen LogP contribution in [0.3, 0.4) is 0 Å². The minimum absolute atomic E-state index is 0.0113. The number of amides is 1. The highest BCUT2D eigenvalue weighted by molar-refractivity contribution is 7.89. The SMILES string of the molecule is COc1cc(F)cc([C@@H](C)NC(=O)[C@@H](CO)N2Cc3ccc(B(O)O)cc3S2(=O)=O)c1. The van der Waals surface area contributed by atoms with Gasteiger partial charge < -0.3 is 25.2 Å². The number of benzene rings is 2. The number of carbonyl (C=O) groups is 1. The molecule has 0 bridgehead atoms. The molecular formula is C19H22BFN2O7S. The second-order valence-electron chi connectivity index (χ2n) is 7.14. The molecule has 31 heavy (non-hydrogen) atoms. The number of nitrogens with zero attached hydrogens (tertiary/aromatic N) is 1. The van der Waals surface area contributed by atoms with Crippen molar-refractivity contribution >= 4 is 28.5 Å². The maximum Gasteiger partial charge on any atom is 0.488 e. The lowest BCUT2D eigenvalue weighted by molar-refractivity contribution is -0.126. The molecule has 2 aromatic carbocycles. The normalized spacial score (nSPS) is 17.0. The Bertz CT molecular complexity index is 1100. The van der Waals surface area contributed by atoms with E-state index < -0.39 is 47.6 Å². The van der Waals surface area contributed by atoms with E-state index in [1.165, 1.54) is 37.4 Å². The third-order valence-corrected chi connectivity index (χ3v) is 7.05. The van der Waals surface area contributed by atoms with Crippen LogP contribution >= 0.6 is 0 Å². The third-order valence-electron chi connectivity index (χ3n) is 5.11. The number of carbonyl (C=O) groups excluding carboxylic acids is 1. The number of rotatable bonds is 7. The molecule has 1 aliphatic heterocycles. The van der Waals surface area contributed by atoms with Gasteiger partial charge in [0.1, 0.15) is 17.6 Å². The Kier molecular flexibility index (Phi) is 6.67. The van der Waals surface area contributed by atoms with E-state index in [4.69, 9.17) is 4.74 Å². The summed E-state index contributed by atoms with van der Waals surface area (Å²) in [6.07, 6.45) is 0. The van der Waals surface area contributed by atoms with Gasteiger partial charge in [-0.1, -0.05) is 12.1 Å². The number of methoxy groups -OCH3 is 1. The van der Waals surface area contributed by atoms with Crippen LogP contribution in [-0.4, -0.2) is 60.7 Å². The van der Waals surface area contributed by atoms with E-state index in [2.05, 4.69) is 5.32 Å². The highest BCUT2D eigenvalue weighted by atomic mass is 32.2. The van der Waals surface area contributed by atoms with Crippen molar-refractivity contribution in [2.45, 2.75) is 30.4 Å². The number of sulfonamides is 1. The van der Waals surface area contributed by atoms with E-state index in [1.54, 1.807) is 6.92 Å². The Morgan fingerprint density at radius 1 is 1.29 bits per heavy atom. The number of aliphatic hydroxyl groups excluding tert-OH is 1. The van der Waals surface area contributed by atoms with Crippen LogP contribution in [0.5, 0.6) is 5.75 Å². The van der Waals surface area contributed by atoms with Crippen LogP contribution in [0.25, 0.3) is 0 Å². The number of hydrogen-bond acceptors (Lipinski definition) is 7. The lowest BCUT2D eigenvalue weighted by Crippen LogP contribution is -2.49. The molecule has 0 aromatic heterocycles. The van der Waals surface area contributed by atoms with Crippen molar-refractivity contribution in [3.63, 3.8) is 0 Å². The van der Waals surface area contributed by atoms with Crippen LogP contribution in [0.1, 0.15) is 24.1 Å². The van der Waals surface area contributed by atoms with Crippen LogP contribution < -0.4 is 15.5 Å². The van der Waals surface area contributed by atoms with Crippen molar-refractivity contribution in [2.75, 3.05) is 13.7 Å². The Balaban J connectivity index is 1.83. The molecular weight excluding hydrogens is 430 g/mol. The van der Waals surface area contributed by atoms with Crippen molar-refractivity contribution < 1.29 is 37.5 Å². The van der Waals surface area contributed by atoms with Gasteiger partial charge in [-0.2, -0.15) is 4.31 Å². The quantitative estimate of drug-likeness (QED) is 0.406. The highest BCUT2D eigenvalue weighted by Crippen LogP contribution is 2.31. The van der Waals surface area contributed by atoms with Crippen LogP contribution in [0.4, 0.5) is 4.39 Å². The van der Waals surface area contributed by atoms with Crippen molar-refractivity contribution in [2.24, 2.45) is 0 Å². The molecule has 9 nitrogen and oxygen atoms in total. The van der Waals surface area contributed by atoms with Crippen LogP contribution in [-0.2, 0) is 21.4 Å². The lowest BCUT2D eigenvalue weighted by atomic mass is 9.80. The van der Waals surface area contributed by atoms with Gasteiger partial charge >= 0.3 is 7.12 Å². The maximum absolute atomic E-state index is 13.8. The zero-order valence-corrected chi connectivity index (χ0v) is 17.6. The fourth-order valence-electron chi connectivity index (χ4n) is 3.41. The number of aliphatic hydroxyl groups is 1. The lowest BCUT2D eigenvalue weighted by Gasteiger charge is -2.25. The van der Waals surface area contributed by atoms with Gasteiger partial charge in [0.05, 0.1) is 24.7 Å². The molecule has 4 N–H and O–H groups in total. The van der Waals surface area contributed by atoms with Gasteiger partial charge in [0.15, 0.2) is 0 Å². The molecule has 2 atom stereocenters. The molecule has 3 rings (SSSR count). The summed E-state index contributed by atoms with van der Waals surface area (Å²) in [6.45, 7) is 0.636. The predicted octanol–water partition coefficient (Wildman–Crippen LogP) is -0.743. The minimum atomic E-state index is -4.17. The van der Waals surface area contributed by atoms with E-state index >= 15 is 0 Å². The Labute approximate surface area is 179 Å². The molecule has 0 aliphatic carbocycles. The Hall–Kier alpha value is -2.51. The van der Waals surface area contributed by atoms with Crippen LogP contribution in [0.2, 0.25) is 0 Å². The van der Waals surface area contributed by atoms with E-state index in [0.29, 0.717) is 11.1 Å². The molecule has 0 saturated heterocycles. The van der Waals surface area contributed by atoms with E-state index in [-0.39, 0.29) is 22.7 Å². The zero-order chi connectivity index (χ0) is 22.9. The van der Waals surface area contributed by atoms with Crippen molar-refractivity contribution in [1.29, 1.82) is 0 Å². The summed E-state index contributed by atoms with van der Waals surface area (Å²) >= 11 is 0. The first-order valence-corrected chi connectivity index (χ1v) is 10.8. The molecule has 0 fully saturated rings. The van der Waals surface area contributed by atoms with Gasteiger partial charge in [-0.05, 0) is 41.7 Å². The minimum Gasteiger partial charge on any atom is -0.497 e. The topological polar surface area (TPSA) is 136 Å². The number of fused-ring (bicyclic) bond motifs is 1. The number of nitrogens with one attached hydrogen (secondary N) is 1. The summed E-state index contributed by atoms with van der Waals surface area (Å²) in [5.41, 5.74) is 0.748. The molecule has 0 radical (unpaired) electrons. The second-order valence-corrected chi connectivity index (χ2v) is 9.00. The predicted molar refractivity (Wildman–Crippen MR) is 109 cm³/mol. The Morgan fingerprint density at radius 2 is 2.00 bits per heavy atom. The molecule has 1 heterocycles. The van der Waals surface area contributed by atoms with Gasteiger partial charge in [-0.3, -0.25) is 4.79 Å². The number of ether oxygens (including phenoxy) is 1. The molecule has 0 spiro atoms. The van der Waals surface area contributed by atoms with Crippen molar-refractivity contribution in [3.05, 3.63) is 53.3 Å². The molecule has 2 aromatic rings. The van der Waals surface area contributed by atoms with Gasteiger partial charge in [-0.15, -0.1) is 0 Å². The maximum atomic E-state index is 13.8. The number of halogens is 1.